The van der Waals surface area contributed by atoms with Crippen molar-refractivity contribution in [3.05, 3.63) is 48.0 Å². The van der Waals surface area contributed by atoms with E-state index in [1.54, 1.807) is 0 Å². The van der Waals surface area contributed by atoms with Gasteiger partial charge in [0.1, 0.15) is 0 Å². The fourth-order valence-corrected chi connectivity index (χ4v) is 3.20. The Hall–Kier alpha value is -1.58. The number of carbonyl (C=O) groups is 1. The van der Waals surface area contributed by atoms with Gasteiger partial charge in [0, 0.05) is 19.5 Å². The van der Waals surface area contributed by atoms with Gasteiger partial charge in [0.2, 0.25) is 5.91 Å². The molecule has 1 aliphatic heterocycles. The second kappa shape index (κ2) is 6.92. The van der Waals surface area contributed by atoms with E-state index >= 15 is 0 Å². The molecule has 1 aliphatic rings. The van der Waals surface area contributed by atoms with Crippen LogP contribution in [0.2, 0.25) is 0 Å². The van der Waals surface area contributed by atoms with E-state index in [9.17, 15) is 4.79 Å². The summed E-state index contributed by atoms with van der Waals surface area (Å²) in [5.74, 6) is 0.183. The summed E-state index contributed by atoms with van der Waals surface area (Å²) in [4.78, 5) is 14.2. The summed E-state index contributed by atoms with van der Waals surface area (Å²) >= 11 is 0. The summed E-state index contributed by atoms with van der Waals surface area (Å²) < 4.78 is 0. The monoisotopic (exact) mass is 304 g/mol. The van der Waals surface area contributed by atoms with Crippen molar-refractivity contribution in [3.63, 3.8) is 0 Å². The number of nitrogens with zero attached hydrogens (tertiary/aromatic N) is 1. The third-order valence-electron chi connectivity index (χ3n) is 4.11. The quantitative estimate of drug-likeness (QED) is 0.946. The Bertz CT molecular complexity index is 624. The van der Waals surface area contributed by atoms with E-state index in [-0.39, 0.29) is 24.4 Å². The molecule has 1 atom stereocenters. The maximum atomic E-state index is 12.2. The van der Waals surface area contributed by atoms with Gasteiger partial charge in [-0.2, -0.15) is 0 Å². The predicted octanol–water partition coefficient (Wildman–Crippen LogP) is 3.27. The predicted molar refractivity (Wildman–Crippen MR) is 88.6 cm³/mol. The summed E-state index contributed by atoms with van der Waals surface area (Å²) in [6, 6.07) is 15.0. The Morgan fingerprint density at radius 3 is 2.76 bits per heavy atom. The van der Waals surface area contributed by atoms with Crippen LogP contribution in [0, 0.1) is 0 Å². The van der Waals surface area contributed by atoms with Crippen molar-refractivity contribution < 1.29 is 4.79 Å². The molecule has 0 aromatic heterocycles. The van der Waals surface area contributed by atoms with E-state index in [2.05, 4.69) is 42.5 Å². The third-order valence-corrected chi connectivity index (χ3v) is 4.11. The van der Waals surface area contributed by atoms with E-state index < -0.39 is 0 Å². The van der Waals surface area contributed by atoms with Crippen LogP contribution in [-0.2, 0) is 4.79 Å². The molecule has 1 amide bonds. The van der Waals surface area contributed by atoms with Gasteiger partial charge in [-0.15, -0.1) is 12.4 Å². The van der Waals surface area contributed by atoms with Crippen LogP contribution in [0.25, 0.3) is 10.8 Å². The first-order valence-electron chi connectivity index (χ1n) is 7.28. The molecule has 4 heteroatoms. The second-order valence-electron chi connectivity index (χ2n) is 5.35. The molecule has 1 saturated heterocycles. The lowest BCUT2D eigenvalue weighted by Gasteiger charge is -2.26. The van der Waals surface area contributed by atoms with Crippen molar-refractivity contribution in [3.8, 4) is 0 Å². The van der Waals surface area contributed by atoms with Gasteiger partial charge in [-0.1, -0.05) is 42.5 Å². The smallest absolute Gasteiger partial charge is 0.224 e. The molecule has 0 radical (unpaired) electrons. The van der Waals surface area contributed by atoms with Gasteiger partial charge in [-0.25, -0.2) is 0 Å². The highest BCUT2D eigenvalue weighted by atomic mass is 35.5. The average molecular weight is 305 g/mol. The van der Waals surface area contributed by atoms with Crippen LogP contribution < -0.4 is 5.73 Å². The van der Waals surface area contributed by atoms with E-state index in [0.29, 0.717) is 13.0 Å². The molecule has 112 valence electrons. The summed E-state index contributed by atoms with van der Waals surface area (Å²) in [7, 11) is 0. The number of amides is 1. The number of halogens is 1. The van der Waals surface area contributed by atoms with E-state index in [1.807, 2.05) is 4.90 Å². The first kappa shape index (κ1) is 15.8. The lowest BCUT2D eigenvalue weighted by molar-refractivity contribution is -0.131. The van der Waals surface area contributed by atoms with Gasteiger partial charge < -0.3 is 10.6 Å². The third kappa shape index (κ3) is 3.04. The number of carbonyl (C=O) groups excluding carboxylic acids is 1. The Kier molecular flexibility index (Phi) is 5.21. The highest BCUT2D eigenvalue weighted by molar-refractivity contribution is 5.87. The molecule has 3 nitrogen and oxygen atoms in total. The van der Waals surface area contributed by atoms with Gasteiger partial charge in [-0.05, 0) is 29.2 Å². The van der Waals surface area contributed by atoms with Crippen molar-refractivity contribution in [1.82, 2.24) is 4.90 Å². The number of nitrogens with two attached hydrogens (primary N) is 1. The zero-order valence-corrected chi connectivity index (χ0v) is 12.8. The largest absolute Gasteiger partial charge is 0.336 e. The minimum Gasteiger partial charge on any atom is -0.336 e. The first-order chi connectivity index (χ1) is 9.81. The fourth-order valence-electron chi connectivity index (χ4n) is 3.20. The molecule has 3 rings (SSSR count). The number of benzene rings is 2. The van der Waals surface area contributed by atoms with Crippen molar-refractivity contribution in [2.45, 2.75) is 25.3 Å². The molecule has 0 aliphatic carbocycles. The van der Waals surface area contributed by atoms with Gasteiger partial charge in [0.15, 0.2) is 0 Å². The number of rotatable bonds is 3. The Morgan fingerprint density at radius 2 is 1.95 bits per heavy atom. The fraction of sp³-hybridized carbons (Fsp3) is 0.353. The normalized spacial score (nSPS) is 17.8. The van der Waals surface area contributed by atoms with Crippen molar-refractivity contribution in [1.29, 1.82) is 0 Å². The molecule has 0 bridgehead atoms. The van der Waals surface area contributed by atoms with Gasteiger partial charge >= 0.3 is 0 Å². The van der Waals surface area contributed by atoms with Gasteiger partial charge in [-0.3, -0.25) is 4.79 Å². The Morgan fingerprint density at radius 1 is 1.19 bits per heavy atom. The molecule has 2 aromatic carbocycles. The van der Waals surface area contributed by atoms with E-state index in [1.165, 1.54) is 16.3 Å². The maximum Gasteiger partial charge on any atom is 0.224 e. The molecule has 0 spiro atoms. The SMILES string of the molecule is Cl.NCCC(=O)N1CCCC1c1cccc2ccccc12. The minimum atomic E-state index is 0. The average Bonchev–Trinajstić information content (AvgIpc) is 2.96. The minimum absolute atomic E-state index is 0. The van der Waals surface area contributed by atoms with Crippen LogP contribution >= 0.6 is 12.4 Å². The number of fused-ring (bicyclic) bond motifs is 1. The lowest BCUT2D eigenvalue weighted by atomic mass is 9.97. The topological polar surface area (TPSA) is 46.3 Å². The van der Waals surface area contributed by atoms with E-state index in [0.717, 1.165) is 19.4 Å². The highest BCUT2D eigenvalue weighted by Crippen LogP contribution is 2.36. The van der Waals surface area contributed by atoms with Crippen molar-refractivity contribution in [2.24, 2.45) is 5.73 Å². The van der Waals surface area contributed by atoms with Crippen molar-refractivity contribution >= 4 is 29.1 Å². The van der Waals surface area contributed by atoms with Gasteiger partial charge in [0.05, 0.1) is 6.04 Å². The summed E-state index contributed by atoms with van der Waals surface area (Å²) in [6.07, 6.45) is 2.57. The zero-order valence-electron chi connectivity index (χ0n) is 12.0. The van der Waals surface area contributed by atoms with Crippen LogP contribution in [-0.4, -0.2) is 23.9 Å². The van der Waals surface area contributed by atoms with Crippen LogP contribution in [0.1, 0.15) is 30.9 Å². The van der Waals surface area contributed by atoms with Gasteiger partial charge in [0.25, 0.3) is 0 Å². The molecule has 2 aromatic rings. The molecule has 0 saturated carbocycles. The van der Waals surface area contributed by atoms with Crippen LogP contribution in [0.3, 0.4) is 0 Å². The Labute approximate surface area is 131 Å². The highest BCUT2D eigenvalue weighted by Gasteiger charge is 2.30. The van der Waals surface area contributed by atoms with Crippen molar-refractivity contribution in [2.75, 3.05) is 13.1 Å². The lowest BCUT2D eigenvalue weighted by Crippen LogP contribution is -2.31. The molecule has 1 fully saturated rings. The summed E-state index contributed by atoms with van der Waals surface area (Å²) in [5.41, 5.74) is 6.79. The molecule has 1 unspecified atom stereocenters. The van der Waals surface area contributed by atoms with Crippen LogP contribution in [0.15, 0.2) is 42.5 Å². The molecular formula is C17H21ClN2O. The summed E-state index contributed by atoms with van der Waals surface area (Å²) in [5, 5.41) is 2.50. The Balaban J connectivity index is 0.00000161. The molecular weight excluding hydrogens is 284 g/mol. The number of hydrogen-bond donors (Lipinski definition) is 1. The molecule has 2 N–H and O–H groups in total. The number of hydrogen-bond acceptors (Lipinski definition) is 2. The van der Waals surface area contributed by atoms with E-state index in [4.69, 9.17) is 5.73 Å². The standard InChI is InChI=1S/C17H20N2O.ClH/c18-11-10-17(20)19-12-4-9-16(19)15-8-3-6-13-5-1-2-7-14(13)15;/h1-3,5-8,16H,4,9-12,18H2;1H. The number of likely N-dealkylation sites (tertiary alicyclic amines) is 1. The first-order valence-corrected chi connectivity index (χ1v) is 7.28. The molecule has 21 heavy (non-hydrogen) atoms. The molecule has 1 heterocycles. The second-order valence-corrected chi connectivity index (χ2v) is 5.35. The maximum absolute atomic E-state index is 12.2. The summed E-state index contributed by atoms with van der Waals surface area (Å²) in [6.45, 7) is 1.28. The zero-order chi connectivity index (χ0) is 13.9. The van der Waals surface area contributed by atoms with Crippen LogP contribution in [0.4, 0.5) is 0 Å². The van der Waals surface area contributed by atoms with Crippen LogP contribution in [0.5, 0.6) is 0 Å².